The van der Waals surface area contributed by atoms with E-state index in [9.17, 15) is 4.79 Å². The summed E-state index contributed by atoms with van der Waals surface area (Å²) in [7, 11) is 1.62. The van der Waals surface area contributed by atoms with E-state index in [2.05, 4.69) is 24.3 Å². The van der Waals surface area contributed by atoms with Gasteiger partial charge in [0, 0.05) is 18.7 Å². The molecule has 4 heteroatoms. The number of amides is 1. The van der Waals surface area contributed by atoms with Gasteiger partial charge >= 0.3 is 0 Å². The maximum absolute atomic E-state index is 12.7. The van der Waals surface area contributed by atoms with Crippen molar-refractivity contribution in [2.45, 2.75) is 32.2 Å². The van der Waals surface area contributed by atoms with Crippen molar-refractivity contribution in [2.24, 2.45) is 0 Å². The molecule has 1 heterocycles. The molecule has 0 spiro atoms. The smallest absolute Gasteiger partial charge is 0.246 e. The summed E-state index contributed by atoms with van der Waals surface area (Å²) >= 11 is 0. The number of rotatable bonds is 7. The third-order valence-electron chi connectivity index (χ3n) is 4.88. The Morgan fingerprint density at radius 1 is 1.19 bits per heavy atom. The van der Waals surface area contributed by atoms with Crippen LogP contribution in [0.15, 0.2) is 54.6 Å². The van der Waals surface area contributed by atoms with Crippen molar-refractivity contribution in [1.82, 2.24) is 4.90 Å². The van der Waals surface area contributed by atoms with Gasteiger partial charge in [-0.2, -0.15) is 0 Å². The van der Waals surface area contributed by atoms with Gasteiger partial charge in [0.2, 0.25) is 5.91 Å². The molecule has 0 N–H and O–H groups in total. The number of hydrogen-bond donors (Lipinski definition) is 0. The van der Waals surface area contributed by atoms with Crippen molar-refractivity contribution in [1.29, 1.82) is 0 Å². The summed E-state index contributed by atoms with van der Waals surface area (Å²) in [6.07, 6.45) is 6.56. The molecule has 1 amide bonds. The summed E-state index contributed by atoms with van der Waals surface area (Å²) in [6, 6.07) is 16.4. The minimum Gasteiger partial charge on any atom is -0.493 e. The van der Waals surface area contributed by atoms with E-state index in [1.807, 2.05) is 42.2 Å². The average molecular weight is 365 g/mol. The van der Waals surface area contributed by atoms with Crippen LogP contribution in [0.25, 0.3) is 6.08 Å². The van der Waals surface area contributed by atoms with Crippen LogP contribution in [0.4, 0.5) is 0 Å². The highest BCUT2D eigenvalue weighted by Gasteiger charge is 2.27. The van der Waals surface area contributed by atoms with Crippen LogP contribution in [0.5, 0.6) is 11.5 Å². The van der Waals surface area contributed by atoms with Gasteiger partial charge in [0.25, 0.3) is 0 Å². The highest BCUT2D eigenvalue weighted by Crippen LogP contribution is 2.28. The number of nitrogens with zero attached hydrogens (tertiary/aromatic N) is 1. The maximum atomic E-state index is 12.7. The Labute approximate surface area is 161 Å². The lowest BCUT2D eigenvalue weighted by molar-refractivity contribution is -0.126. The number of hydrogen-bond acceptors (Lipinski definition) is 3. The van der Waals surface area contributed by atoms with Crippen LogP contribution in [0.3, 0.4) is 0 Å². The van der Waals surface area contributed by atoms with E-state index in [4.69, 9.17) is 9.47 Å². The first-order valence-electron chi connectivity index (χ1n) is 9.54. The standard InChI is InChI=1S/C23H27NO3/c1-3-27-22-17-19(11-13-21(22)26-2)12-14-23(25)24-15-7-10-20(24)16-18-8-5-4-6-9-18/h4-6,8-9,11-14,17,20H,3,7,10,15-16H2,1-2H3/b14-12+. The molecule has 0 aliphatic carbocycles. The molecule has 0 radical (unpaired) electrons. The predicted molar refractivity (Wildman–Crippen MR) is 108 cm³/mol. The molecular weight excluding hydrogens is 338 g/mol. The van der Waals surface area contributed by atoms with Crippen molar-refractivity contribution in [3.63, 3.8) is 0 Å². The van der Waals surface area contributed by atoms with Gasteiger partial charge in [-0.25, -0.2) is 0 Å². The largest absolute Gasteiger partial charge is 0.493 e. The Hall–Kier alpha value is -2.75. The van der Waals surface area contributed by atoms with Gasteiger partial charge in [0.1, 0.15) is 0 Å². The van der Waals surface area contributed by atoms with Crippen molar-refractivity contribution in [3.8, 4) is 11.5 Å². The Morgan fingerprint density at radius 2 is 2.00 bits per heavy atom. The number of carbonyl (C=O) groups excluding carboxylic acids is 1. The first-order valence-corrected chi connectivity index (χ1v) is 9.54. The summed E-state index contributed by atoms with van der Waals surface area (Å²) in [5.41, 5.74) is 2.20. The van der Waals surface area contributed by atoms with E-state index in [1.54, 1.807) is 13.2 Å². The van der Waals surface area contributed by atoms with Gasteiger partial charge in [0.15, 0.2) is 11.5 Å². The molecule has 0 aromatic heterocycles. The van der Waals surface area contributed by atoms with E-state index < -0.39 is 0 Å². The minimum atomic E-state index is 0.0715. The number of ether oxygens (including phenoxy) is 2. The summed E-state index contributed by atoms with van der Waals surface area (Å²) in [6.45, 7) is 3.33. The Kier molecular flexibility index (Phi) is 6.53. The SMILES string of the molecule is CCOc1cc(/C=C/C(=O)N2CCCC2Cc2ccccc2)ccc1OC. The van der Waals surface area contributed by atoms with Crippen molar-refractivity contribution in [2.75, 3.05) is 20.3 Å². The van der Waals surface area contributed by atoms with Crippen molar-refractivity contribution < 1.29 is 14.3 Å². The minimum absolute atomic E-state index is 0.0715. The molecule has 1 aliphatic heterocycles. The van der Waals surface area contributed by atoms with Gasteiger partial charge in [0.05, 0.1) is 13.7 Å². The van der Waals surface area contributed by atoms with E-state index in [-0.39, 0.29) is 11.9 Å². The zero-order valence-electron chi connectivity index (χ0n) is 16.1. The summed E-state index contributed by atoms with van der Waals surface area (Å²) in [4.78, 5) is 14.7. The van der Waals surface area contributed by atoms with Gasteiger partial charge in [-0.15, -0.1) is 0 Å². The van der Waals surface area contributed by atoms with Crippen molar-refractivity contribution in [3.05, 3.63) is 65.7 Å². The molecule has 0 saturated carbocycles. The highest BCUT2D eigenvalue weighted by atomic mass is 16.5. The predicted octanol–water partition coefficient (Wildman–Crippen LogP) is 4.34. The summed E-state index contributed by atoms with van der Waals surface area (Å²) in [5, 5.41) is 0. The quantitative estimate of drug-likeness (QED) is 0.685. The van der Waals surface area contributed by atoms with E-state index in [1.165, 1.54) is 5.56 Å². The fourth-order valence-corrected chi connectivity index (χ4v) is 3.55. The van der Waals surface area contributed by atoms with Crippen LogP contribution in [-0.2, 0) is 11.2 Å². The molecule has 2 aromatic carbocycles. The third kappa shape index (κ3) is 4.91. The zero-order valence-corrected chi connectivity index (χ0v) is 16.1. The lowest BCUT2D eigenvalue weighted by Gasteiger charge is -2.23. The van der Waals surface area contributed by atoms with Gasteiger partial charge in [-0.1, -0.05) is 36.4 Å². The van der Waals surface area contributed by atoms with Crippen LogP contribution in [0, 0.1) is 0 Å². The molecule has 0 bridgehead atoms. The number of carbonyl (C=O) groups is 1. The number of likely N-dealkylation sites (tertiary alicyclic amines) is 1. The average Bonchev–Trinajstić information content (AvgIpc) is 3.15. The van der Waals surface area contributed by atoms with Gasteiger partial charge in [-0.3, -0.25) is 4.79 Å². The summed E-state index contributed by atoms with van der Waals surface area (Å²) in [5.74, 6) is 1.46. The Bertz CT molecular complexity index is 785. The van der Waals surface area contributed by atoms with Crippen LogP contribution in [0.1, 0.15) is 30.9 Å². The zero-order chi connectivity index (χ0) is 19.1. The van der Waals surface area contributed by atoms with Crippen LogP contribution >= 0.6 is 0 Å². The molecule has 27 heavy (non-hydrogen) atoms. The second-order valence-corrected chi connectivity index (χ2v) is 6.69. The molecule has 4 nitrogen and oxygen atoms in total. The number of benzene rings is 2. The lowest BCUT2D eigenvalue weighted by atomic mass is 10.0. The molecule has 1 atom stereocenters. The molecule has 2 aromatic rings. The second kappa shape index (κ2) is 9.26. The van der Waals surface area contributed by atoms with E-state index >= 15 is 0 Å². The molecule has 142 valence electrons. The first kappa shape index (κ1) is 19.0. The molecule has 3 rings (SSSR count). The molecule has 1 unspecified atom stereocenters. The maximum Gasteiger partial charge on any atom is 0.246 e. The lowest BCUT2D eigenvalue weighted by Crippen LogP contribution is -2.35. The molecule has 1 fully saturated rings. The van der Waals surface area contributed by atoms with Gasteiger partial charge < -0.3 is 14.4 Å². The fraction of sp³-hybridized carbons (Fsp3) is 0.348. The van der Waals surface area contributed by atoms with Gasteiger partial charge in [-0.05, 0) is 55.5 Å². The van der Waals surface area contributed by atoms with Crippen LogP contribution < -0.4 is 9.47 Å². The normalized spacial score (nSPS) is 16.7. The molecule has 1 aliphatic rings. The van der Waals surface area contributed by atoms with Crippen LogP contribution in [0.2, 0.25) is 0 Å². The first-order chi connectivity index (χ1) is 13.2. The highest BCUT2D eigenvalue weighted by molar-refractivity contribution is 5.92. The summed E-state index contributed by atoms with van der Waals surface area (Å²) < 4.78 is 10.9. The second-order valence-electron chi connectivity index (χ2n) is 6.69. The fourth-order valence-electron chi connectivity index (χ4n) is 3.55. The number of methoxy groups -OCH3 is 1. The van der Waals surface area contributed by atoms with E-state index in [0.29, 0.717) is 18.1 Å². The third-order valence-corrected chi connectivity index (χ3v) is 4.88. The Balaban J connectivity index is 1.67. The molecule has 1 saturated heterocycles. The van der Waals surface area contributed by atoms with Crippen LogP contribution in [-0.4, -0.2) is 37.1 Å². The topological polar surface area (TPSA) is 38.8 Å². The van der Waals surface area contributed by atoms with Crippen molar-refractivity contribution >= 4 is 12.0 Å². The monoisotopic (exact) mass is 365 g/mol. The Morgan fingerprint density at radius 3 is 2.74 bits per heavy atom. The van der Waals surface area contributed by atoms with E-state index in [0.717, 1.165) is 31.4 Å². The molecular formula is C23H27NO3.